The van der Waals surface area contributed by atoms with E-state index >= 15 is 0 Å². The summed E-state index contributed by atoms with van der Waals surface area (Å²) in [7, 11) is 1.30. The Kier molecular flexibility index (Phi) is 5.57. The Bertz CT molecular complexity index is 1330. The highest BCUT2D eigenvalue weighted by molar-refractivity contribution is 5.94. The van der Waals surface area contributed by atoms with Gasteiger partial charge in [0, 0.05) is 5.92 Å². The Morgan fingerprint density at radius 2 is 1.82 bits per heavy atom. The molecule has 1 atom stereocenters. The molecule has 0 amide bonds. The van der Waals surface area contributed by atoms with Crippen molar-refractivity contribution in [3.05, 3.63) is 95.6 Å². The summed E-state index contributed by atoms with van der Waals surface area (Å²) in [5.74, 6) is -0.412. The van der Waals surface area contributed by atoms with Crippen LogP contribution in [0.1, 0.15) is 38.7 Å². The minimum absolute atomic E-state index is 0.0737. The van der Waals surface area contributed by atoms with E-state index in [-0.39, 0.29) is 23.3 Å². The molecule has 5 rings (SSSR count). The standard InChI is InChI=1S/C27H22N2O4/c1-32-27(31)23-9-5-8-22(29-23)24-16-28-26(33-24)25(30)21-13-12-19-14-18(10-11-20(19)15-21)17-6-3-2-4-7-17/h2-11,14,16,21H,12-13,15H2,1H3/t21-/m0/s1. The molecular formula is C27H22N2O4. The van der Waals surface area contributed by atoms with Gasteiger partial charge in [0.15, 0.2) is 5.76 Å². The maximum absolute atomic E-state index is 13.1. The molecule has 1 aliphatic rings. The van der Waals surface area contributed by atoms with Gasteiger partial charge in [0.1, 0.15) is 11.4 Å². The van der Waals surface area contributed by atoms with Crippen LogP contribution in [-0.4, -0.2) is 28.8 Å². The lowest BCUT2D eigenvalue weighted by Crippen LogP contribution is -2.23. The summed E-state index contributed by atoms with van der Waals surface area (Å²) in [4.78, 5) is 33.3. The summed E-state index contributed by atoms with van der Waals surface area (Å²) >= 11 is 0. The number of fused-ring (bicyclic) bond motifs is 1. The number of esters is 1. The number of benzene rings is 2. The summed E-state index contributed by atoms with van der Waals surface area (Å²) < 4.78 is 10.5. The van der Waals surface area contributed by atoms with E-state index in [1.807, 2.05) is 18.2 Å². The minimum Gasteiger partial charge on any atom is -0.464 e. The molecular weight excluding hydrogens is 416 g/mol. The number of methoxy groups -OCH3 is 1. The van der Waals surface area contributed by atoms with Gasteiger partial charge in [-0.05, 0) is 53.6 Å². The number of ether oxygens (including phenoxy) is 1. The number of Topliss-reactive ketones (excluding diaryl/α,β-unsaturated/α-hetero) is 1. The van der Waals surface area contributed by atoms with Crippen LogP contribution in [0, 0.1) is 5.92 Å². The normalized spacial score (nSPS) is 15.0. The zero-order chi connectivity index (χ0) is 22.8. The Labute approximate surface area is 191 Å². The predicted octanol–water partition coefficient (Wildman–Crippen LogP) is 5.18. The molecule has 6 nitrogen and oxygen atoms in total. The van der Waals surface area contributed by atoms with E-state index in [2.05, 4.69) is 40.3 Å². The van der Waals surface area contributed by atoms with E-state index in [4.69, 9.17) is 9.15 Å². The highest BCUT2D eigenvalue weighted by atomic mass is 16.5. The van der Waals surface area contributed by atoms with E-state index in [1.54, 1.807) is 18.2 Å². The van der Waals surface area contributed by atoms with Gasteiger partial charge >= 0.3 is 5.97 Å². The van der Waals surface area contributed by atoms with Crippen molar-refractivity contribution in [2.24, 2.45) is 5.92 Å². The van der Waals surface area contributed by atoms with Gasteiger partial charge in [0.05, 0.1) is 13.3 Å². The van der Waals surface area contributed by atoms with E-state index in [9.17, 15) is 9.59 Å². The monoisotopic (exact) mass is 438 g/mol. The van der Waals surface area contributed by atoms with Crippen LogP contribution in [0.5, 0.6) is 0 Å². The Balaban J connectivity index is 1.33. The quantitative estimate of drug-likeness (QED) is 0.315. The molecule has 0 radical (unpaired) electrons. The molecule has 0 saturated carbocycles. The second-order valence-electron chi connectivity index (χ2n) is 8.08. The molecule has 0 N–H and O–H groups in total. The molecule has 0 unspecified atom stereocenters. The lowest BCUT2D eigenvalue weighted by atomic mass is 9.80. The molecule has 0 aliphatic heterocycles. The van der Waals surface area contributed by atoms with Crippen molar-refractivity contribution in [2.75, 3.05) is 7.11 Å². The zero-order valence-corrected chi connectivity index (χ0v) is 18.2. The number of nitrogens with zero attached hydrogens (tertiary/aromatic N) is 2. The van der Waals surface area contributed by atoms with Crippen LogP contribution in [0.15, 0.2) is 77.3 Å². The minimum atomic E-state index is -0.538. The van der Waals surface area contributed by atoms with Gasteiger partial charge in [-0.1, -0.05) is 54.6 Å². The van der Waals surface area contributed by atoms with E-state index in [0.29, 0.717) is 17.9 Å². The summed E-state index contributed by atoms with van der Waals surface area (Å²) in [6, 6.07) is 21.7. The molecule has 1 aliphatic carbocycles. The number of hydrogen-bond acceptors (Lipinski definition) is 6. The lowest BCUT2D eigenvalue weighted by Gasteiger charge is -2.23. The van der Waals surface area contributed by atoms with Gasteiger partial charge in [-0.2, -0.15) is 0 Å². The highest BCUT2D eigenvalue weighted by Crippen LogP contribution is 2.32. The third-order valence-corrected chi connectivity index (χ3v) is 6.03. The fourth-order valence-corrected chi connectivity index (χ4v) is 4.26. The number of hydrogen-bond donors (Lipinski definition) is 0. The maximum atomic E-state index is 13.1. The largest absolute Gasteiger partial charge is 0.464 e. The molecule has 0 fully saturated rings. The molecule has 33 heavy (non-hydrogen) atoms. The molecule has 0 saturated heterocycles. The molecule has 2 aromatic carbocycles. The van der Waals surface area contributed by atoms with Gasteiger partial charge < -0.3 is 9.15 Å². The number of rotatable bonds is 5. The van der Waals surface area contributed by atoms with E-state index < -0.39 is 5.97 Å². The van der Waals surface area contributed by atoms with Crippen molar-refractivity contribution < 1.29 is 18.7 Å². The summed E-state index contributed by atoms with van der Waals surface area (Å²) in [6.45, 7) is 0. The van der Waals surface area contributed by atoms with Gasteiger partial charge in [-0.3, -0.25) is 4.79 Å². The topological polar surface area (TPSA) is 82.3 Å². The van der Waals surface area contributed by atoms with Crippen molar-refractivity contribution in [2.45, 2.75) is 19.3 Å². The molecule has 0 spiro atoms. The van der Waals surface area contributed by atoms with E-state index in [0.717, 1.165) is 12.8 Å². The average molecular weight is 438 g/mol. The first-order chi connectivity index (χ1) is 16.1. The summed E-state index contributed by atoms with van der Waals surface area (Å²) in [6.07, 6.45) is 3.72. The van der Waals surface area contributed by atoms with Crippen molar-refractivity contribution in [3.8, 4) is 22.6 Å². The van der Waals surface area contributed by atoms with Crippen molar-refractivity contribution >= 4 is 11.8 Å². The molecule has 2 heterocycles. The molecule has 6 heteroatoms. The number of carbonyl (C=O) groups excluding carboxylic acids is 2. The smallest absolute Gasteiger partial charge is 0.356 e. The average Bonchev–Trinajstić information content (AvgIpc) is 3.38. The van der Waals surface area contributed by atoms with Crippen LogP contribution in [0.4, 0.5) is 0 Å². The van der Waals surface area contributed by atoms with Crippen molar-refractivity contribution in [3.63, 3.8) is 0 Å². The third kappa shape index (κ3) is 4.20. The van der Waals surface area contributed by atoms with Crippen LogP contribution >= 0.6 is 0 Å². The Hall–Kier alpha value is -4.06. The number of pyridine rings is 1. The number of carbonyl (C=O) groups is 2. The van der Waals surface area contributed by atoms with Crippen LogP contribution in [0.2, 0.25) is 0 Å². The first-order valence-corrected chi connectivity index (χ1v) is 10.9. The first kappa shape index (κ1) is 20.8. The fraction of sp³-hybridized carbons (Fsp3) is 0.185. The third-order valence-electron chi connectivity index (χ3n) is 6.03. The Morgan fingerprint density at radius 3 is 2.64 bits per heavy atom. The van der Waals surface area contributed by atoms with Crippen LogP contribution < -0.4 is 0 Å². The Morgan fingerprint density at radius 1 is 0.970 bits per heavy atom. The SMILES string of the molecule is COC(=O)c1cccc(-c2cnc(C(=O)[C@H]3CCc4cc(-c5ccccc5)ccc4C3)o2)n1. The predicted molar refractivity (Wildman–Crippen MR) is 123 cm³/mol. The number of ketones is 1. The number of aromatic nitrogens is 2. The summed E-state index contributed by atoms with van der Waals surface area (Å²) in [5.41, 5.74) is 5.45. The molecule has 164 valence electrons. The second kappa shape index (κ2) is 8.82. The molecule has 2 aromatic heterocycles. The zero-order valence-electron chi connectivity index (χ0n) is 18.2. The number of oxazole rings is 1. The first-order valence-electron chi connectivity index (χ1n) is 10.9. The van der Waals surface area contributed by atoms with Crippen LogP contribution in [-0.2, 0) is 17.6 Å². The highest BCUT2D eigenvalue weighted by Gasteiger charge is 2.29. The molecule has 4 aromatic rings. The van der Waals surface area contributed by atoms with Gasteiger partial charge in [0.25, 0.3) is 5.89 Å². The fourth-order valence-electron chi connectivity index (χ4n) is 4.26. The van der Waals surface area contributed by atoms with Gasteiger partial charge in [0.2, 0.25) is 5.78 Å². The lowest BCUT2D eigenvalue weighted by molar-refractivity contribution is 0.0594. The molecule has 0 bridgehead atoms. The van der Waals surface area contributed by atoms with Gasteiger partial charge in [-0.25, -0.2) is 14.8 Å². The van der Waals surface area contributed by atoms with Crippen molar-refractivity contribution in [1.29, 1.82) is 0 Å². The van der Waals surface area contributed by atoms with Crippen molar-refractivity contribution in [1.82, 2.24) is 9.97 Å². The number of aryl methyl sites for hydroxylation is 1. The van der Waals surface area contributed by atoms with Crippen LogP contribution in [0.3, 0.4) is 0 Å². The van der Waals surface area contributed by atoms with Crippen LogP contribution in [0.25, 0.3) is 22.6 Å². The maximum Gasteiger partial charge on any atom is 0.356 e. The second-order valence-corrected chi connectivity index (χ2v) is 8.08. The summed E-state index contributed by atoms with van der Waals surface area (Å²) in [5, 5.41) is 0. The van der Waals surface area contributed by atoms with Gasteiger partial charge in [-0.15, -0.1) is 0 Å². The van der Waals surface area contributed by atoms with E-state index in [1.165, 1.54) is 35.6 Å².